The van der Waals surface area contributed by atoms with Crippen LogP contribution in [0.5, 0.6) is 0 Å². The topological polar surface area (TPSA) is 83.0 Å². The fraction of sp³-hybridized carbons (Fsp3) is 0.429. The zero-order chi connectivity index (χ0) is 14.7. The third kappa shape index (κ3) is 3.54. The zero-order valence-corrected chi connectivity index (χ0v) is 13.1. The number of hydrogen-bond acceptors (Lipinski definition) is 5. The second kappa shape index (κ2) is 6.44. The molecule has 0 unspecified atom stereocenters. The van der Waals surface area contributed by atoms with Crippen LogP contribution in [0.4, 0.5) is 5.69 Å². The van der Waals surface area contributed by atoms with Gasteiger partial charge in [-0.3, -0.25) is 0 Å². The molecule has 0 amide bonds. The Morgan fingerprint density at radius 3 is 2.90 bits per heavy atom. The summed E-state index contributed by atoms with van der Waals surface area (Å²) in [6, 6.07) is 5.72. The van der Waals surface area contributed by atoms with Crippen LogP contribution in [0.25, 0.3) is 11.5 Å². The summed E-state index contributed by atoms with van der Waals surface area (Å²) in [5, 5.41) is 13.0. The van der Waals surface area contributed by atoms with E-state index in [9.17, 15) is 4.79 Å². The third-order valence-corrected chi connectivity index (χ3v) is 4.38. The highest BCUT2D eigenvalue weighted by Gasteiger charge is 2.14. The van der Waals surface area contributed by atoms with E-state index in [2.05, 4.69) is 36.8 Å². The lowest BCUT2D eigenvalue weighted by Gasteiger charge is -2.23. The first-order chi connectivity index (χ1) is 10.2. The Balaban J connectivity index is 1.73. The van der Waals surface area contributed by atoms with E-state index in [0.29, 0.717) is 11.8 Å². The predicted molar refractivity (Wildman–Crippen MR) is 84.3 cm³/mol. The van der Waals surface area contributed by atoms with Crippen LogP contribution in [0.3, 0.4) is 0 Å². The predicted octanol–water partition coefficient (Wildman–Crippen LogP) is 2.20. The van der Waals surface area contributed by atoms with Gasteiger partial charge in [-0.2, -0.15) is 0 Å². The summed E-state index contributed by atoms with van der Waals surface area (Å²) < 4.78 is 5.97. The Morgan fingerprint density at radius 1 is 1.38 bits per heavy atom. The van der Waals surface area contributed by atoms with Gasteiger partial charge in [0.15, 0.2) is 0 Å². The summed E-state index contributed by atoms with van der Waals surface area (Å²) in [7, 11) is 0. The standard InChI is InChI=1S/C14H17BrN4O2/c15-11-2-1-10(13-18-19-14(20)21-13)7-12(11)17-8-9-3-5-16-6-4-9/h1-2,7,9,16-17H,3-6,8H2,(H,19,20). The third-order valence-electron chi connectivity index (χ3n) is 3.69. The molecule has 0 aliphatic carbocycles. The molecule has 112 valence electrons. The minimum absolute atomic E-state index is 0.303. The van der Waals surface area contributed by atoms with Crippen molar-refractivity contribution in [1.82, 2.24) is 15.5 Å². The maximum atomic E-state index is 11.0. The van der Waals surface area contributed by atoms with Crippen molar-refractivity contribution in [2.45, 2.75) is 12.8 Å². The van der Waals surface area contributed by atoms with Gasteiger partial charge in [-0.25, -0.2) is 9.89 Å². The van der Waals surface area contributed by atoms with Crippen LogP contribution in [-0.2, 0) is 0 Å². The second-order valence-corrected chi connectivity index (χ2v) is 6.04. The van der Waals surface area contributed by atoms with E-state index < -0.39 is 5.76 Å². The molecule has 3 rings (SSSR count). The van der Waals surface area contributed by atoms with Crippen LogP contribution in [0.2, 0.25) is 0 Å². The number of piperidine rings is 1. The summed E-state index contributed by atoms with van der Waals surface area (Å²) >= 11 is 3.54. The molecule has 21 heavy (non-hydrogen) atoms. The Bertz CT molecular complexity index is 661. The Morgan fingerprint density at radius 2 is 2.19 bits per heavy atom. The molecule has 0 saturated carbocycles. The van der Waals surface area contributed by atoms with Gasteiger partial charge in [-0.15, -0.1) is 5.10 Å². The van der Waals surface area contributed by atoms with Crippen molar-refractivity contribution < 1.29 is 4.42 Å². The Labute approximate surface area is 130 Å². The number of aromatic amines is 1. The minimum Gasteiger partial charge on any atom is -0.388 e. The molecular formula is C14H17BrN4O2. The molecule has 0 spiro atoms. The van der Waals surface area contributed by atoms with E-state index in [1.807, 2.05) is 18.2 Å². The van der Waals surface area contributed by atoms with Gasteiger partial charge < -0.3 is 15.1 Å². The molecule has 2 aromatic rings. The van der Waals surface area contributed by atoms with Crippen LogP contribution < -0.4 is 16.4 Å². The molecular weight excluding hydrogens is 336 g/mol. The summed E-state index contributed by atoms with van der Waals surface area (Å²) in [4.78, 5) is 11.0. The molecule has 1 aromatic heterocycles. The molecule has 0 bridgehead atoms. The van der Waals surface area contributed by atoms with Crippen LogP contribution in [0.1, 0.15) is 12.8 Å². The first-order valence-corrected chi connectivity index (χ1v) is 7.82. The number of aromatic nitrogens is 2. The lowest BCUT2D eigenvalue weighted by Crippen LogP contribution is -2.31. The number of halogens is 1. The Hall–Kier alpha value is -1.60. The lowest BCUT2D eigenvalue weighted by atomic mass is 9.98. The largest absolute Gasteiger partial charge is 0.434 e. The number of hydrogen-bond donors (Lipinski definition) is 3. The maximum Gasteiger partial charge on any atom is 0.434 e. The van der Waals surface area contributed by atoms with Gasteiger partial charge in [0, 0.05) is 22.3 Å². The van der Waals surface area contributed by atoms with Crippen LogP contribution in [-0.4, -0.2) is 29.8 Å². The van der Waals surface area contributed by atoms with E-state index in [4.69, 9.17) is 4.42 Å². The van der Waals surface area contributed by atoms with Crippen LogP contribution in [0.15, 0.2) is 31.9 Å². The van der Waals surface area contributed by atoms with E-state index >= 15 is 0 Å². The summed E-state index contributed by atoms with van der Waals surface area (Å²) in [6.45, 7) is 3.12. The fourth-order valence-corrected chi connectivity index (χ4v) is 2.87. The van der Waals surface area contributed by atoms with E-state index in [0.717, 1.165) is 35.4 Å². The second-order valence-electron chi connectivity index (χ2n) is 5.19. The van der Waals surface area contributed by atoms with Crippen molar-refractivity contribution in [2.24, 2.45) is 5.92 Å². The first-order valence-electron chi connectivity index (χ1n) is 7.02. The number of benzene rings is 1. The highest BCUT2D eigenvalue weighted by Crippen LogP contribution is 2.28. The normalized spacial score (nSPS) is 16.0. The first kappa shape index (κ1) is 14.3. The number of nitrogens with zero attached hydrogens (tertiary/aromatic N) is 1. The molecule has 0 atom stereocenters. The molecule has 1 aliphatic rings. The maximum absolute atomic E-state index is 11.0. The molecule has 3 N–H and O–H groups in total. The van der Waals surface area contributed by atoms with E-state index in [1.54, 1.807) is 0 Å². The Kier molecular flexibility index (Phi) is 4.40. The number of anilines is 1. The average Bonchev–Trinajstić information content (AvgIpc) is 2.94. The number of rotatable bonds is 4. The summed E-state index contributed by atoms with van der Waals surface area (Å²) in [6.07, 6.45) is 2.39. The summed E-state index contributed by atoms with van der Waals surface area (Å²) in [5.74, 6) is 0.444. The van der Waals surface area contributed by atoms with Crippen molar-refractivity contribution in [3.05, 3.63) is 33.2 Å². The van der Waals surface area contributed by atoms with Gasteiger partial charge in [0.1, 0.15) is 0 Å². The van der Waals surface area contributed by atoms with E-state index in [1.165, 1.54) is 12.8 Å². The molecule has 2 heterocycles. The van der Waals surface area contributed by atoms with Gasteiger partial charge in [0.2, 0.25) is 5.89 Å². The smallest absolute Gasteiger partial charge is 0.388 e. The zero-order valence-electron chi connectivity index (χ0n) is 11.5. The van der Waals surface area contributed by atoms with Gasteiger partial charge in [0.05, 0.1) is 0 Å². The van der Waals surface area contributed by atoms with E-state index in [-0.39, 0.29) is 0 Å². The van der Waals surface area contributed by atoms with Crippen LogP contribution in [0, 0.1) is 5.92 Å². The molecule has 1 aromatic carbocycles. The summed E-state index contributed by atoms with van der Waals surface area (Å²) in [5.41, 5.74) is 1.75. The average molecular weight is 353 g/mol. The molecule has 1 fully saturated rings. The SMILES string of the molecule is O=c1[nH]nc(-c2ccc(Br)c(NCC3CCNCC3)c2)o1. The van der Waals surface area contributed by atoms with Crippen molar-refractivity contribution in [3.63, 3.8) is 0 Å². The molecule has 6 nitrogen and oxygen atoms in total. The van der Waals surface area contributed by atoms with Gasteiger partial charge in [-0.1, -0.05) is 0 Å². The lowest BCUT2D eigenvalue weighted by molar-refractivity contribution is 0.390. The monoisotopic (exact) mass is 352 g/mol. The highest BCUT2D eigenvalue weighted by molar-refractivity contribution is 9.10. The molecule has 1 aliphatic heterocycles. The molecule has 0 radical (unpaired) electrons. The number of nitrogens with one attached hydrogen (secondary N) is 3. The van der Waals surface area contributed by atoms with Crippen molar-refractivity contribution in [1.29, 1.82) is 0 Å². The number of H-pyrrole nitrogens is 1. The van der Waals surface area contributed by atoms with Gasteiger partial charge >= 0.3 is 5.76 Å². The van der Waals surface area contributed by atoms with Crippen LogP contribution >= 0.6 is 15.9 Å². The van der Waals surface area contributed by atoms with Crippen molar-refractivity contribution >= 4 is 21.6 Å². The van der Waals surface area contributed by atoms with Gasteiger partial charge in [-0.05, 0) is 66.0 Å². The quantitative estimate of drug-likeness (QED) is 0.785. The molecule has 7 heteroatoms. The van der Waals surface area contributed by atoms with Crippen molar-refractivity contribution in [3.8, 4) is 11.5 Å². The highest BCUT2D eigenvalue weighted by atomic mass is 79.9. The molecule has 1 saturated heterocycles. The van der Waals surface area contributed by atoms with Crippen molar-refractivity contribution in [2.75, 3.05) is 25.0 Å². The van der Waals surface area contributed by atoms with Gasteiger partial charge in [0.25, 0.3) is 0 Å². The fourth-order valence-electron chi connectivity index (χ4n) is 2.49. The minimum atomic E-state index is -0.544.